The van der Waals surface area contributed by atoms with Crippen molar-refractivity contribution >= 4 is 51.6 Å². The Hall–Kier alpha value is -3.98. The molecule has 3 aromatic rings. The van der Waals surface area contributed by atoms with Gasteiger partial charge in [0.15, 0.2) is 0 Å². The summed E-state index contributed by atoms with van der Waals surface area (Å²) < 4.78 is 7.40. The average Bonchev–Trinajstić information content (AvgIpc) is 3.65. The number of methoxy groups -OCH3 is 1. The van der Waals surface area contributed by atoms with Gasteiger partial charge in [0.25, 0.3) is 5.91 Å². The lowest BCUT2D eigenvalue weighted by molar-refractivity contribution is -0.125. The van der Waals surface area contributed by atoms with Gasteiger partial charge >= 0.3 is 0 Å². The van der Waals surface area contributed by atoms with Crippen LogP contribution in [0.3, 0.4) is 0 Å². The normalized spacial score (nSPS) is 21.4. The minimum Gasteiger partial charge on any atom is -0.481 e. The molecule has 38 heavy (non-hydrogen) atoms. The molecule has 1 spiro atoms. The highest BCUT2D eigenvalue weighted by molar-refractivity contribution is 7.15. The number of para-hydroxylation sites is 2. The van der Waals surface area contributed by atoms with E-state index < -0.39 is 0 Å². The minimum absolute atomic E-state index is 0.00319. The number of hydrogen-bond acceptors (Lipinski definition) is 6. The van der Waals surface area contributed by atoms with Gasteiger partial charge in [0.1, 0.15) is 0 Å². The molecular formula is C29H31N5O3S. The maximum absolute atomic E-state index is 13.3. The molecule has 1 aliphatic carbocycles. The van der Waals surface area contributed by atoms with Crippen molar-refractivity contribution in [3.63, 3.8) is 0 Å². The fraction of sp³-hybridized carbons (Fsp3) is 0.310. The first-order valence-corrected chi connectivity index (χ1v) is 13.4. The van der Waals surface area contributed by atoms with Gasteiger partial charge in [-0.1, -0.05) is 31.4 Å². The van der Waals surface area contributed by atoms with Crippen molar-refractivity contribution in [3.8, 4) is 0 Å². The van der Waals surface area contributed by atoms with Crippen LogP contribution in [0.1, 0.15) is 39.9 Å². The van der Waals surface area contributed by atoms with Crippen molar-refractivity contribution in [2.75, 3.05) is 32.6 Å². The van der Waals surface area contributed by atoms with Crippen LogP contribution < -0.4 is 5.32 Å². The summed E-state index contributed by atoms with van der Waals surface area (Å²) in [5.74, 6) is 0.805. The molecule has 2 fully saturated rings. The largest absolute Gasteiger partial charge is 0.481 e. The smallest absolute Gasteiger partial charge is 0.268 e. The molecule has 0 radical (unpaired) electrons. The first-order chi connectivity index (χ1) is 18.4. The summed E-state index contributed by atoms with van der Waals surface area (Å²) in [5, 5.41) is 3.07. The Bertz CT molecular complexity index is 1470. The lowest BCUT2D eigenvalue weighted by Crippen LogP contribution is -2.42. The number of carbonyl (C=O) groups excluding carboxylic acids is 2. The van der Waals surface area contributed by atoms with E-state index in [0.29, 0.717) is 16.7 Å². The van der Waals surface area contributed by atoms with E-state index in [0.717, 1.165) is 53.8 Å². The maximum Gasteiger partial charge on any atom is 0.268 e. The number of likely N-dealkylation sites (tertiary alicyclic amines) is 1. The van der Waals surface area contributed by atoms with Crippen LogP contribution in [0, 0.1) is 5.41 Å². The van der Waals surface area contributed by atoms with E-state index in [4.69, 9.17) is 9.72 Å². The Morgan fingerprint density at radius 1 is 1.18 bits per heavy atom. The number of amides is 2. The second-order valence-corrected chi connectivity index (χ2v) is 10.8. The number of imidazole rings is 1. The van der Waals surface area contributed by atoms with Crippen molar-refractivity contribution in [1.82, 2.24) is 14.5 Å². The summed E-state index contributed by atoms with van der Waals surface area (Å²) in [7, 11) is 3.22. The molecule has 1 saturated heterocycles. The van der Waals surface area contributed by atoms with Gasteiger partial charge < -0.3 is 14.2 Å². The first-order valence-electron chi connectivity index (χ1n) is 12.5. The Morgan fingerprint density at radius 2 is 1.95 bits per heavy atom. The maximum atomic E-state index is 13.3. The summed E-state index contributed by atoms with van der Waals surface area (Å²) >= 11 is 1.37. The van der Waals surface area contributed by atoms with Gasteiger partial charge in [0.05, 0.1) is 23.0 Å². The third-order valence-electron chi connectivity index (χ3n) is 7.49. The molecule has 1 aliphatic heterocycles. The van der Waals surface area contributed by atoms with Gasteiger partial charge in [0, 0.05) is 37.1 Å². The molecule has 2 amide bonds. The number of ether oxygens (including phenoxy) is 1. The van der Waals surface area contributed by atoms with Gasteiger partial charge in [-0.25, -0.2) is 4.98 Å². The van der Waals surface area contributed by atoms with Crippen molar-refractivity contribution < 1.29 is 14.3 Å². The number of aromatic nitrogens is 2. The number of anilines is 1. The van der Waals surface area contributed by atoms with Crippen molar-refractivity contribution in [2.24, 2.45) is 10.4 Å². The van der Waals surface area contributed by atoms with Gasteiger partial charge in [-0.15, -0.1) is 11.3 Å². The molecule has 3 heterocycles. The molecule has 2 aliphatic rings. The number of aliphatic imine (C=N–C) groups is 1. The number of nitrogens with zero attached hydrogens (tertiary/aromatic N) is 4. The predicted octanol–water partition coefficient (Wildman–Crippen LogP) is 5.33. The Kier molecular flexibility index (Phi) is 7.03. The Labute approximate surface area is 226 Å². The van der Waals surface area contributed by atoms with Crippen molar-refractivity contribution in [3.05, 3.63) is 77.5 Å². The molecule has 1 saturated carbocycles. The predicted molar refractivity (Wildman–Crippen MR) is 153 cm³/mol. The van der Waals surface area contributed by atoms with E-state index in [1.54, 1.807) is 32.4 Å². The number of thiophene rings is 1. The van der Waals surface area contributed by atoms with Crippen LogP contribution >= 0.6 is 11.3 Å². The lowest BCUT2D eigenvalue weighted by atomic mass is 9.65. The second-order valence-electron chi connectivity index (χ2n) is 9.76. The van der Waals surface area contributed by atoms with Gasteiger partial charge in [-0.2, -0.15) is 0 Å². The fourth-order valence-electron chi connectivity index (χ4n) is 5.57. The van der Waals surface area contributed by atoms with Crippen molar-refractivity contribution in [1.29, 1.82) is 0 Å². The standard InChI is InChI=1S/C29H31N5O3S/c1-5-19(15-25(30-3)37-4)23-11-12-24(38-23)27(36)32-28-31-21-9-7-8-10-22(21)34(28)20-16-29(17-20)13-14-33(18-29)26(35)6-2/h5-12,15,20H,1-2,13-14,16-18H2,3-4H3,(H,31,32,36)/b19-15+,30-25+/t20-,29-. The van der Waals surface area contributed by atoms with E-state index >= 15 is 0 Å². The van der Waals surface area contributed by atoms with Crippen LogP contribution in [-0.4, -0.2) is 59.4 Å². The molecule has 0 unspecified atom stereocenters. The molecule has 2 aromatic heterocycles. The molecule has 5 rings (SSSR count). The fourth-order valence-corrected chi connectivity index (χ4v) is 6.48. The second kappa shape index (κ2) is 10.4. The zero-order chi connectivity index (χ0) is 26.9. The highest BCUT2D eigenvalue weighted by atomic mass is 32.1. The third kappa shape index (κ3) is 4.69. The molecular weight excluding hydrogens is 498 g/mol. The SMILES string of the molecule is C=CC(=O)N1CC[C@]2(C1)C[C@H](n1c(NC(=O)c3ccc(/C(C=C)=C/C(=N\C)OC)s3)nc3ccccc31)C2. The minimum atomic E-state index is -0.213. The van der Waals surface area contributed by atoms with E-state index in [1.165, 1.54) is 17.4 Å². The monoisotopic (exact) mass is 529 g/mol. The number of rotatable bonds is 7. The number of fused-ring (bicyclic) bond motifs is 1. The summed E-state index contributed by atoms with van der Waals surface area (Å²) in [6.45, 7) is 9.04. The quantitative estimate of drug-likeness (QED) is 0.194. The number of allylic oxidation sites excluding steroid dienone is 2. The number of nitrogens with one attached hydrogen (secondary N) is 1. The number of benzene rings is 1. The van der Waals surface area contributed by atoms with Crippen molar-refractivity contribution in [2.45, 2.75) is 25.3 Å². The lowest BCUT2D eigenvalue weighted by Gasteiger charge is -2.46. The van der Waals surface area contributed by atoms with Crippen LogP contribution in [0.25, 0.3) is 16.6 Å². The molecule has 0 bridgehead atoms. The number of carbonyl (C=O) groups is 2. The Morgan fingerprint density at radius 3 is 2.66 bits per heavy atom. The molecule has 196 valence electrons. The van der Waals surface area contributed by atoms with E-state index in [2.05, 4.69) is 28.0 Å². The molecule has 1 N–H and O–H groups in total. The Balaban J connectivity index is 1.37. The average molecular weight is 530 g/mol. The summed E-state index contributed by atoms with van der Waals surface area (Å²) in [6, 6.07) is 11.8. The van der Waals surface area contributed by atoms with Crippen LogP contribution in [0.4, 0.5) is 5.95 Å². The van der Waals surface area contributed by atoms with Crippen LogP contribution in [0.15, 0.2) is 72.8 Å². The third-order valence-corrected chi connectivity index (χ3v) is 8.62. The first kappa shape index (κ1) is 25.7. The number of hydrogen-bond donors (Lipinski definition) is 1. The molecule has 0 atom stereocenters. The highest BCUT2D eigenvalue weighted by Crippen LogP contribution is 2.55. The summed E-state index contributed by atoms with van der Waals surface area (Å²) in [5.41, 5.74) is 2.78. The van der Waals surface area contributed by atoms with Crippen LogP contribution in [0.5, 0.6) is 0 Å². The van der Waals surface area contributed by atoms with E-state index in [1.807, 2.05) is 35.2 Å². The zero-order valence-corrected chi connectivity index (χ0v) is 22.5. The molecule has 8 nitrogen and oxygen atoms in total. The van der Waals surface area contributed by atoms with Crippen LogP contribution in [0.2, 0.25) is 0 Å². The summed E-state index contributed by atoms with van der Waals surface area (Å²) in [4.78, 5) is 37.6. The zero-order valence-electron chi connectivity index (χ0n) is 21.6. The van der Waals surface area contributed by atoms with E-state index in [-0.39, 0.29) is 23.3 Å². The van der Waals surface area contributed by atoms with Gasteiger partial charge in [-0.05, 0) is 60.6 Å². The van der Waals surface area contributed by atoms with E-state index in [9.17, 15) is 9.59 Å². The van der Waals surface area contributed by atoms with Crippen LogP contribution in [-0.2, 0) is 9.53 Å². The van der Waals surface area contributed by atoms with Gasteiger partial charge in [0.2, 0.25) is 17.8 Å². The topological polar surface area (TPSA) is 88.8 Å². The molecule has 9 heteroatoms. The highest BCUT2D eigenvalue weighted by Gasteiger charge is 2.50. The molecule has 1 aromatic carbocycles. The van der Waals surface area contributed by atoms with Gasteiger partial charge in [-0.3, -0.25) is 19.9 Å². The summed E-state index contributed by atoms with van der Waals surface area (Å²) in [6.07, 6.45) is 7.77.